The molecule has 1 unspecified atom stereocenters. The van der Waals surface area contributed by atoms with Gasteiger partial charge in [-0.2, -0.15) is 8.42 Å². The number of aliphatic hydroxyl groups excluding tert-OH is 1. The average Bonchev–Trinajstić information content (AvgIpc) is 2.46. The third kappa shape index (κ3) is 3.25. The Morgan fingerprint density at radius 3 is 2.25 bits per heavy atom. The Kier molecular flexibility index (Phi) is 4.54. The SMILES string of the molecule is Cc1ccccc1S(=O)(=O)OC(CO)c1ccccc1. The molecule has 0 spiro atoms. The van der Waals surface area contributed by atoms with Crippen molar-refractivity contribution in [3.8, 4) is 0 Å². The summed E-state index contributed by atoms with van der Waals surface area (Å²) in [6.45, 7) is 1.29. The van der Waals surface area contributed by atoms with Gasteiger partial charge in [-0.3, -0.25) is 4.18 Å². The maximum absolute atomic E-state index is 12.3. The van der Waals surface area contributed by atoms with Gasteiger partial charge >= 0.3 is 0 Å². The molecule has 0 aliphatic rings. The summed E-state index contributed by atoms with van der Waals surface area (Å²) in [6.07, 6.45) is -0.902. The van der Waals surface area contributed by atoms with Crippen molar-refractivity contribution in [1.82, 2.24) is 0 Å². The molecule has 0 aromatic heterocycles. The molecule has 1 atom stereocenters. The number of aliphatic hydroxyl groups is 1. The first-order valence-electron chi connectivity index (χ1n) is 6.19. The summed E-state index contributed by atoms with van der Waals surface area (Å²) >= 11 is 0. The number of hydrogen-bond donors (Lipinski definition) is 1. The van der Waals surface area contributed by atoms with Crippen molar-refractivity contribution in [2.24, 2.45) is 0 Å². The van der Waals surface area contributed by atoms with E-state index < -0.39 is 22.8 Å². The van der Waals surface area contributed by atoms with E-state index in [1.54, 1.807) is 49.4 Å². The minimum Gasteiger partial charge on any atom is -0.393 e. The quantitative estimate of drug-likeness (QED) is 0.860. The van der Waals surface area contributed by atoms with Crippen molar-refractivity contribution in [3.63, 3.8) is 0 Å². The number of rotatable bonds is 5. The average molecular weight is 292 g/mol. The van der Waals surface area contributed by atoms with Gasteiger partial charge < -0.3 is 5.11 Å². The molecule has 0 aliphatic carbocycles. The van der Waals surface area contributed by atoms with E-state index in [2.05, 4.69) is 0 Å². The highest BCUT2D eigenvalue weighted by Crippen LogP contribution is 2.25. The topological polar surface area (TPSA) is 63.6 Å². The molecule has 0 amide bonds. The van der Waals surface area contributed by atoms with Crippen LogP contribution in [0, 0.1) is 6.92 Å². The molecule has 0 heterocycles. The van der Waals surface area contributed by atoms with Crippen molar-refractivity contribution >= 4 is 10.1 Å². The summed E-state index contributed by atoms with van der Waals surface area (Å²) < 4.78 is 29.7. The Hall–Kier alpha value is -1.69. The first-order chi connectivity index (χ1) is 9.54. The van der Waals surface area contributed by atoms with Gasteiger partial charge in [0.25, 0.3) is 10.1 Å². The van der Waals surface area contributed by atoms with E-state index in [4.69, 9.17) is 4.18 Å². The summed E-state index contributed by atoms with van der Waals surface area (Å²) in [5.41, 5.74) is 1.23. The van der Waals surface area contributed by atoms with Gasteiger partial charge in [-0.15, -0.1) is 0 Å². The normalized spacial score (nSPS) is 13.1. The van der Waals surface area contributed by atoms with Crippen molar-refractivity contribution < 1.29 is 17.7 Å². The lowest BCUT2D eigenvalue weighted by atomic mass is 10.1. The molecule has 0 saturated carbocycles. The number of benzene rings is 2. The monoisotopic (exact) mass is 292 g/mol. The molecule has 2 rings (SSSR count). The largest absolute Gasteiger partial charge is 0.393 e. The predicted molar refractivity (Wildman–Crippen MR) is 75.7 cm³/mol. The van der Waals surface area contributed by atoms with Crippen LogP contribution in [0.5, 0.6) is 0 Å². The molecule has 0 radical (unpaired) electrons. The second kappa shape index (κ2) is 6.17. The summed E-state index contributed by atoms with van der Waals surface area (Å²) in [6, 6.07) is 15.4. The Morgan fingerprint density at radius 1 is 1.05 bits per heavy atom. The molecule has 20 heavy (non-hydrogen) atoms. The van der Waals surface area contributed by atoms with Crippen molar-refractivity contribution in [3.05, 3.63) is 65.7 Å². The van der Waals surface area contributed by atoms with Gasteiger partial charge in [-0.1, -0.05) is 48.5 Å². The molecule has 2 aromatic carbocycles. The molecule has 0 aliphatic heterocycles. The van der Waals surface area contributed by atoms with Gasteiger partial charge in [-0.25, -0.2) is 0 Å². The lowest BCUT2D eigenvalue weighted by Crippen LogP contribution is -2.16. The summed E-state index contributed by atoms with van der Waals surface area (Å²) in [5, 5.41) is 9.37. The lowest BCUT2D eigenvalue weighted by Gasteiger charge is -2.16. The van der Waals surface area contributed by atoms with Crippen LogP contribution in [0.25, 0.3) is 0 Å². The third-order valence-electron chi connectivity index (χ3n) is 2.94. The molecule has 0 saturated heterocycles. The smallest absolute Gasteiger partial charge is 0.297 e. The molecular weight excluding hydrogens is 276 g/mol. The molecule has 4 nitrogen and oxygen atoms in total. The Morgan fingerprint density at radius 2 is 1.65 bits per heavy atom. The van der Waals surface area contributed by atoms with Gasteiger partial charge in [-0.05, 0) is 24.1 Å². The molecular formula is C15H16O4S. The molecule has 5 heteroatoms. The Labute approximate surface area is 118 Å². The van der Waals surface area contributed by atoms with E-state index in [9.17, 15) is 13.5 Å². The highest BCUT2D eigenvalue weighted by molar-refractivity contribution is 7.86. The standard InChI is InChI=1S/C15H16O4S/c1-12-7-5-6-10-15(12)20(17,18)19-14(11-16)13-8-3-2-4-9-13/h2-10,14,16H,11H2,1H3. The minimum atomic E-state index is -3.91. The van der Waals surface area contributed by atoms with E-state index in [1.165, 1.54) is 6.07 Å². The van der Waals surface area contributed by atoms with Crippen LogP contribution in [0.4, 0.5) is 0 Å². The molecule has 0 bridgehead atoms. The van der Waals surface area contributed by atoms with Gasteiger partial charge in [0.1, 0.15) is 6.10 Å². The number of aryl methyl sites for hydroxylation is 1. The minimum absolute atomic E-state index is 0.120. The van der Waals surface area contributed by atoms with E-state index in [1.807, 2.05) is 6.07 Å². The second-order valence-corrected chi connectivity index (χ2v) is 5.94. The van der Waals surface area contributed by atoms with E-state index in [0.717, 1.165) is 0 Å². The maximum atomic E-state index is 12.3. The van der Waals surface area contributed by atoms with Crippen LogP contribution in [0.1, 0.15) is 17.2 Å². The van der Waals surface area contributed by atoms with Gasteiger partial charge in [0.15, 0.2) is 0 Å². The molecule has 2 aromatic rings. The maximum Gasteiger partial charge on any atom is 0.297 e. The van der Waals surface area contributed by atoms with Crippen LogP contribution in [0.2, 0.25) is 0 Å². The Bertz CT molecular complexity index is 665. The fourth-order valence-electron chi connectivity index (χ4n) is 1.90. The van der Waals surface area contributed by atoms with Crippen molar-refractivity contribution in [1.29, 1.82) is 0 Å². The van der Waals surface area contributed by atoms with Crippen LogP contribution in [0.3, 0.4) is 0 Å². The fraction of sp³-hybridized carbons (Fsp3) is 0.200. The Balaban J connectivity index is 2.30. The van der Waals surface area contributed by atoms with Crippen LogP contribution in [-0.4, -0.2) is 20.1 Å². The third-order valence-corrected chi connectivity index (χ3v) is 4.43. The highest BCUT2D eigenvalue weighted by atomic mass is 32.2. The van der Waals surface area contributed by atoms with Gasteiger partial charge in [0.2, 0.25) is 0 Å². The van der Waals surface area contributed by atoms with Crippen LogP contribution in [-0.2, 0) is 14.3 Å². The van der Waals surface area contributed by atoms with Gasteiger partial charge in [0, 0.05) is 0 Å². The lowest BCUT2D eigenvalue weighted by molar-refractivity contribution is 0.122. The van der Waals surface area contributed by atoms with Crippen LogP contribution < -0.4 is 0 Å². The number of hydrogen-bond acceptors (Lipinski definition) is 4. The summed E-state index contributed by atoms with van der Waals surface area (Å²) in [7, 11) is -3.91. The zero-order valence-corrected chi connectivity index (χ0v) is 11.9. The summed E-state index contributed by atoms with van der Waals surface area (Å²) in [5.74, 6) is 0. The second-order valence-electron chi connectivity index (χ2n) is 4.40. The zero-order valence-electron chi connectivity index (χ0n) is 11.1. The fourth-order valence-corrected chi connectivity index (χ4v) is 3.19. The molecule has 106 valence electrons. The predicted octanol–water partition coefficient (Wildman–Crippen LogP) is 2.43. The van der Waals surface area contributed by atoms with Crippen LogP contribution in [0.15, 0.2) is 59.5 Å². The van der Waals surface area contributed by atoms with E-state index >= 15 is 0 Å². The first kappa shape index (κ1) is 14.7. The van der Waals surface area contributed by atoms with Crippen molar-refractivity contribution in [2.75, 3.05) is 6.61 Å². The van der Waals surface area contributed by atoms with E-state index in [0.29, 0.717) is 11.1 Å². The molecule has 0 fully saturated rings. The van der Waals surface area contributed by atoms with Gasteiger partial charge in [0.05, 0.1) is 11.5 Å². The first-order valence-corrected chi connectivity index (χ1v) is 7.60. The van der Waals surface area contributed by atoms with E-state index in [-0.39, 0.29) is 4.90 Å². The summed E-state index contributed by atoms with van der Waals surface area (Å²) in [4.78, 5) is 0.120. The highest BCUT2D eigenvalue weighted by Gasteiger charge is 2.23. The molecule has 1 N–H and O–H groups in total. The zero-order chi connectivity index (χ0) is 14.6. The van der Waals surface area contributed by atoms with Crippen molar-refractivity contribution in [2.45, 2.75) is 17.9 Å². The van der Waals surface area contributed by atoms with Crippen LogP contribution >= 0.6 is 0 Å².